The number of ether oxygens (including phenoxy) is 2. The highest BCUT2D eigenvalue weighted by atomic mass is 32.2. The van der Waals surface area contributed by atoms with Crippen LogP contribution in [0.1, 0.15) is 0 Å². The lowest BCUT2D eigenvalue weighted by Gasteiger charge is -2.11. The van der Waals surface area contributed by atoms with Gasteiger partial charge >= 0.3 is 11.9 Å². The Hall–Kier alpha value is -2.59. The normalized spacial score (nSPS) is 11.7. The fourth-order valence-corrected chi connectivity index (χ4v) is 1.86. The Bertz CT molecular complexity index is 723. The van der Waals surface area contributed by atoms with Crippen LogP contribution in [0.15, 0.2) is 34.9 Å². The summed E-state index contributed by atoms with van der Waals surface area (Å²) in [5, 5.41) is 12.1. The second-order valence-corrected chi connectivity index (χ2v) is 5.27. The summed E-state index contributed by atoms with van der Waals surface area (Å²) in [4.78, 5) is 22.2. The molecule has 0 heterocycles. The summed E-state index contributed by atoms with van der Waals surface area (Å²) in [5.41, 5.74) is -0.433. The highest BCUT2D eigenvalue weighted by Gasteiger charge is 2.17. The predicted octanol–water partition coefficient (Wildman–Crippen LogP) is 0.281. The summed E-state index contributed by atoms with van der Waals surface area (Å²) < 4.78 is 39.5. The minimum atomic E-state index is -4.48. The van der Waals surface area contributed by atoms with Crippen molar-refractivity contribution in [2.45, 2.75) is 4.90 Å². The van der Waals surface area contributed by atoms with Gasteiger partial charge in [0.1, 0.15) is 11.4 Å². The first-order chi connectivity index (χ1) is 10.2. The van der Waals surface area contributed by atoms with Gasteiger partial charge in [0.2, 0.25) is 0 Å². The van der Waals surface area contributed by atoms with E-state index in [0.717, 1.165) is 38.5 Å². The molecule has 1 rings (SSSR count). The summed E-state index contributed by atoms with van der Waals surface area (Å²) in [5.74, 6) is -2.33. The zero-order valence-electron chi connectivity index (χ0n) is 11.6. The van der Waals surface area contributed by atoms with Gasteiger partial charge in [-0.15, -0.1) is 0 Å². The average Bonchev–Trinajstić information content (AvgIpc) is 2.46. The largest absolute Gasteiger partial charge is 0.506 e. The third-order valence-corrected chi connectivity index (χ3v) is 3.25. The lowest BCUT2D eigenvalue weighted by Crippen LogP contribution is -2.15. The average molecular weight is 331 g/mol. The van der Waals surface area contributed by atoms with Crippen molar-refractivity contribution in [2.75, 3.05) is 19.5 Å². The maximum Gasteiger partial charge on any atom is 0.354 e. The van der Waals surface area contributed by atoms with E-state index < -0.39 is 32.7 Å². The molecule has 0 aliphatic rings. The van der Waals surface area contributed by atoms with Gasteiger partial charge in [-0.3, -0.25) is 4.55 Å². The van der Waals surface area contributed by atoms with Gasteiger partial charge in [0, 0.05) is 6.07 Å². The van der Waals surface area contributed by atoms with Gasteiger partial charge in [-0.05, 0) is 12.1 Å². The molecule has 0 atom stereocenters. The molecule has 0 aliphatic carbocycles. The zero-order chi connectivity index (χ0) is 16.9. The first kappa shape index (κ1) is 17.5. The number of carbonyl (C=O) groups is 2. The van der Waals surface area contributed by atoms with Gasteiger partial charge in [-0.25, -0.2) is 9.59 Å². The molecule has 0 unspecified atom stereocenters. The van der Waals surface area contributed by atoms with Gasteiger partial charge in [-0.1, -0.05) is 0 Å². The van der Waals surface area contributed by atoms with Gasteiger partial charge in [-0.2, -0.15) is 8.42 Å². The Morgan fingerprint density at radius 3 is 2.32 bits per heavy atom. The van der Waals surface area contributed by atoms with E-state index in [1.165, 1.54) is 0 Å². The quantitative estimate of drug-likeness (QED) is 0.300. The first-order valence-corrected chi connectivity index (χ1v) is 7.08. The van der Waals surface area contributed by atoms with Crippen molar-refractivity contribution in [2.24, 2.45) is 0 Å². The number of carbonyl (C=O) groups excluding carboxylic acids is 2. The third-order valence-electron chi connectivity index (χ3n) is 2.41. The first-order valence-electron chi connectivity index (χ1n) is 5.64. The number of methoxy groups -OCH3 is 2. The molecule has 10 heteroatoms. The molecule has 120 valence electrons. The number of benzene rings is 1. The Labute approximate surface area is 125 Å². The second kappa shape index (κ2) is 6.91. The second-order valence-electron chi connectivity index (χ2n) is 3.85. The molecule has 0 aliphatic heterocycles. The predicted molar refractivity (Wildman–Crippen MR) is 73.7 cm³/mol. The molecular weight excluding hydrogens is 318 g/mol. The van der Waals surface area contributed by atoms with E-state index in [4.69, 9.17) is 4.55 Å². The number of rotatable bonds is 5. The Kier molecular flexibility index (Phi) is 5.49. The van der Waals surface area contributed by atoms with Crippen molar-refractivity contribution in [1.29, 1.82) is 0 Å². The van der Waals surface area contributed by atoms with E-state index in [2.05, 4.69) is 14.8 Å². The molecule has 0 spiro atoms. The highest BCUT2D eigenvalue weighted by Crippen LogP contribution is 2.27. The molecule has 22 heavy (non-hydrogen) atoms. The molecule has 0 saturated heterocycles. The van der Waals surface area contributed by atoms with Crippen LogP contribution in [-0.4, -0.2) is 44.2 Å². The summed E-state index contributed by atoms with van der Waals surface area (Å²) in [6.07, 6.45) is 0.794. The van der Waals surface area contributed by atoms with Gasteiger partial charge in [0.15, 0.2) is 0 Å². The molecule has 0 radical (unpaired) electrons. The van der Waals surface area contributed by atoms with Crippen LogP contribution in [-0.2, 0) is 29.2 Å². The fourth-order valence-electron chi connectivity index (χ4n) is 1.36. The summed E-state index contributed by atoms with van der Waals surface area (Å²) >= 11 is 0. The Morgan fingerprint density at radius 2 is 1.86 bits per heavy atom. The van der Waals surface area contributed by atoms with Crippen LogP contribution in [0.5, 0.6) is 5.75 Å². The summed E-state index contributed by atoms with van der Waals surface area (Å²) in [6, 6.07) is 2.85. The van der Waals surface area contributed by atoms with Crippen LogP contribution in [0.3, 0.4) is 0 Å². The van der Waals surface area contributed by atoms with Crippen LogP contribution in [0.2, 0.25) is 0 Å². The zero-order valence-corrected chi connectivity index (χ0v) is 12.4. The number of nitrogens with one attached hydrogen (secondary N) is 1. The molecule has 0 amide bonds. The fraction of sp³-hybridized carbons (Fsp3) is 0.167. The standard InChI is InChI=1S/C12H13NO8S/c1-20-11(15)6-9(12(16)21-2)13-8-4-3-7(5-10(8)14)22(17,18)19/h3-6,13-14H,1-2H3,(H,17,18,19)/b9-6+. The van der Waals surface area contributed by atoms with E-state index in [1.54, 1.807) is 0 Å². The summed E-state index contributed by atoms with van der Waals surface area (Å²) in [6.45, 7) is 0. The lowest BCUT2D eigenvalue weighted by molar-refractivity contribution is -0.138. The van der Waals surface area contributed by atoms with Crippen molar-refractivity contribution in [3.05, 3.63) is 30.0 Å². The topological polar surface area (TPSA) is 139 Å². The molecule has 3 N–H and O–H groups in total. The van der Waals surface area contributed by atoms with Crippen LogP contribution in [0, 0.1) is 0 Å². The van der Waals surface area contributed by atoms with E-state index in [-0.39, 0.29) is 11.4 Å². The van der Waals surface area contributed by atoms with Gasteiger partial charge in [0.05, 0.1) is 30.9 Å². The van der Waals surface area contributed by atoms with Crippen molar-refractivity contribution in [3.63, 3.8) is 0 Å². The number of aromatic hydroxyl groups is 1. The molecule has 0 aromatic heterocycles. The minimum Gasteiger partial charge on any atom is -0.506 e. The maximum atomic E-state index is 11.5. The minimum absolute atomic E-state index is 0.0899. The molecule has 0 fully saturated rings. The monoisotopic (exact) mass is 331 g/mol. The van der Waals surface area contributed by atoms with Crippen LogP contribution in [0.25, 0.3) is 0 Å². The Balaban J connectivity index is 3.17. The molecule has 0 bridgehead atoms. The number of esters is 2. The van der Waals surface area contributed by atoms with E-state index >= 15 is 0 Å². The van der Waals surface area contributed by atoms with Crippen molar-refractivity contribution in [1.82, 2.24) is 0 Å². The smallest absolute Gasteiger partial charge is 0.354 e. The van der Waals surface area contributed by atoms with Gasteiger partial charge < -0.3 is 19.9 Å². The number of hydrogen-bond acceptors (Lipinski definition) is 8. The maximum absolute atomic E-state index is 11.5. The molecular formula is C12H13NO8S. The third kappa shape index (κ3) is 4.46. The van der Waals surface area contributed by atoms with E-state index in [1.807, 2.05) is 0 Å². The molecule has 1 aromatic carbocycles. The van der Waals surface area contributed by atoms with Crippen molar-refractivity contribution in [3.8, 4) is 5.75 Å². The van der Waals surface area contributed by atoms with Crippen LogP contribution < -0.4 is 5.32 Å². The summed E-state index contributed by atoms with van der Waals surface area (Å²) in [7, 11) is -2.30. The number of phenols is 1. The molecule has 1 aromatic rings. The number of hydrogen-bond donors (Lipinski definition) is 3. The SMILES string of the molecule is COC(=O)/C=C(/Nc1ccc(S(=O)(=O)O)cc1O)C(=O)OC. The highest BCUT2D eigenvalue weighted by molar-refractivity contribution is 7.85. The van der Waals surface area contributed by atoms with Crippen molar-refractivity contribution < 1.29 is 37.1 Å². The Morgan fingerprint density at radius 1 is 1.23 bits per heavy atom. The van der Waals surface area contributed by atoms with Gasteiger partial charge in [0.25, 0.3) is 10.1 Å². The van der Waals surface area contributed by atoms with Crippen LogP contribution >= 0.6 is 0 Å². The molecule has 0 saturated carbocycles. The number of phenolic OH excluding ortho intramolecular Hbond substituents is 1. The molecule has 9 nitrogen and oxygen atoms in total. The lowest BCUT2D eigenvalue weighted by atomic mass is 10.2. The van der Waals surface area contributed by atoms with Crippen molar-refractivity contribution >= 4 is 27.7 Å². The van der Waals surface area contributed by atoms with E-state index in [0.29, 0.717) is 0 Å². The van der Waals surface area contributed by atoms with E-state index in [9.17, 15) is 23.1 Å². The van der Waals surface area contributed by atoms with Crippen LogP contribution in [0.4, 0.5) is 5.69 Å². The number of anilines is 1.